The molecular formula is C24H21N3O. The Bertz CT molecular complexity index is 1150. The first-order valence-electron chi connectivity index (χ1n) is 9.59. The van der Waals surface area contributed by atoms with Gasteiger partial charge in [-0.3, -0.25) is 9.78 Å². The number of para-hydroxylation sites is 1. The highest BCUT2D eigenvalue weighted by Gasteiger charge is 2.34. The zero-order valence-electron chi connectivity index (χ0n) is 15.7. The zero-order chi connectivity index (χ0) is 19.1. The summed E-state index contributed by atoms with van der Waals surface area (Å²) in [6.07, 6.45) is 4.47. The molecule has 0 saturated carbocycles. The normalized spacial score (nSPS) is 16.2. The number of aryl methyl sites for hydroxylation is 1. The van der Waals surface area contributed by atoms with E-state index in [1.165, 1.54) is 10.9 Å². The fourth-order valence-corrected chi connectivity index (χ4v) is 4.21. The second kappa shape index (κ2) is 6.64. The van der Waals surface area contributed by atoms with Crippen molar-refractivity contribution in [2.45, 2.75) is 19.4 Å². The summed E-state index contributed by atoms with van der Waals surface area (Å²) in [7, 11) is 0. The Balaban J connectivity index is 1.65. The molecule has 4 nitrogen and oxygen atoms in total. The van der Waals surface area contributed by atoms with Crippen LogP contribution in [0.4, 0.5) is 0 Å². The fourth-order valence-electron chi connectivity index (χ4n) is 4.21. The first-order chi connectivity index (χ1) is 13.7. The number of pyridine rings is 1. The van der Waals surface area contributed by atoms with Crippen molar-refractivity contribution in [1.82, 2.24) is 14.9 Å². The van der Waals surface area contributed by atoms with Gasteiger partial charge in [0, 0.05) is 41.1 Å². The molecule has 0 aliphatic carbocycles. The van der Waals surface area contributed by atoms with E-state index in [2.05, 4.69) is 28.2 Å². The second-order valence-corrected chi connectivity index (χ2v) is 7.37. The Morgan fingerprint density at radius 2 is 1.89 bits per heavy atom. The molecule has 4 heteroatoms. The minimum Gasteiger partial charge on any atom is -0.356 e. The van der Waals surface area contributed by atoms with Crippen LogP contribution in [-0.2, 0) is 6.42 Å². The van der Waals surface area contributed by atoms with E-state index in [9.17, 15) is 4.79 Å². The molecule has 1 atom stereocenters. The maximum absolute atomic E-state index is 13.4. The molecule has 2 aromatic carbocycles. The number of hydrogen-bond donors (Lipinski definition) is 1. The summed E-state index contributed by atoms with van der Waals surface area (Å²) in [5.74, 6) is 0.0539. The molecular weight excluding hydrogens is 346 g/mol. The number of nitrogens with one attached hydrogen (secondary N) is 1. The molecule has 138 valence electrons. The quantitative estimate of drug-likeness (QED) is 0.560. The molecule has 2 aromatic heterocycles. The summed E-state index contributed by atoms with van der Waals surface area (Å²) in [5.41, 5.74) is 6.41. The van der Waals surface area contributed by atoms with Gasteiger partial charge in [0.2, 0.25) is 0 Å². The van der Waals surface area contributed by atoms with Crippen LogP contribution in [0, 0.1) is 6.92 Å². The molecule has 3 heterocycles. The Hall–Kier alpha value is -3.40. The maximum Gasteiger partial charge on any atom is 0.254 e. The lowest BCUT2D eigenvalue weighted by Gasteiger charge is -2.36. The molecule has 0 fully saturated rings. The first kappa shape index (κ1) is 16.8. The monoisotopic (exact) mass is 367 g/mol. The first-order valence-corrected chi connectivity index (χ1v) is 9.59. The minimum absolute atomic E-state index is 0.0539. The lowest BCUT2D eigenvalue weighted by Crippen LogP contribution is -2.40. The van der Waals surface area contributed by atoms with Gasteiger partial charge in [-0.2, -0.15) is 0 Å². The van der Waals surface area contributed by atoms with Gasteiger partial charge in [0.15, 0.2) is 0 Å². The Morgan fingerprint density at radius 3 is 2.68 bits per heavy atom. The Kier molecular flexibility index (Phi) is 3.97. The number of carbonyl (C=O) groups excluding carboxylic acids is 1. The van der Waals surface area contributed by atoms with Crippen molar-refractivity contribution < 1.29 is 4.79 Å². The maximum atomic E-state index is 13.4. The highest BCUT2D eigenvalue weighted by atomic mass is 16.2. The van der Waals surface area contributed by atoms with Gasteiger partial charge < -0.3 is 9.88 Å². The largest absolute Gasteiger partial charge is 0.356 e. The SMILES string of the molecule is Cc1ccc(C(=O)N2CCc3c([nH]c4ccccc34)[C@H]2c2cccnc2)cc1. The lowest BCUT2D eigenvalue weighted by atomic mass is 9.92. The molecule has 0 bridgehead atoms. The molecule has 0 saturated heterocycles. The van der Waals surface area contributed by atoms with Gasteiger partial charge in [0.25, 0.3) is 5.91 Å². The van der Waals surface area contributed by atoms with Crippen molar-refractivity contribution in [3.8, 4) is 0 Å². The van der Waals surface area contributed by atoms with Crippen molar-refractivity contribution in [3.63, 3.8) is 0 Å². The van der Waals surface area contributed by atoms with Crippen LogP contribution in [-0.4, -0.2) is 27.3 Å². The predicted octanol–water partition coefficient (Wildman–Crippen LogP) is 4.66. The second-order valence-electron chi connectivity index (χ2n) is 7.37. The number of benzene rings is 2. The molecule has 1 amide bonds. The summed E-state index contributed by atoms with van der Waals surface area (Å²) in [5, 5.41) is 1.24. The van der Waals surface area contributed by atoms with E-state index in [0.29, 0.717) is 6.54 Å². The van der Waals surface area contributed by atoms with Crippen LogP contribution in [0.3, 0.4) is 0 Å². The summed E-state index contributed by atoms with van der Waals surface area (Å²) >= 11 is 0. The van der Waals surface area contributed by atoms with Gasteiger partial charge in [-0.1, -0.05) is 42.0 Å². The third kappa shape index (κ3) is 2.69. The van der Waals surface area contributed by atoms with Crippen LogP contribution < -0.4 is 0 Å². The van der Waals surface area contributed by atoms with E-state index in [1.807, 2.05) is 60.5 Å². The van der Waals surface area contributed by atoms with Gasteiger partial charge in [0.05, 0.1) is 6.04 Å². The molecule has 0 spiro atoms. The Morgan fingerprint density at radius 1 is 1.07 bits per heavy atom. The van der Waals surface area contributed by atoms with Crippen LogP contribution in [0.15, 0.2) is 73.1 Å². The van der Waals surface area contributed by atoms with E-state index in [1.54, 1.807) is 6.20 Å². The number of amides is 1. The Labute approximate surface area is 163 Å². The summed E-state index contributed by atoms with van der Waals surface area (Å²) in [6.45, 7) is 2.71. The van der Waals surface area contributed by atoms with Crippen LogP contribution in [0.1, 0.15) is 38.8 Å². The van der Waals surface area contributed by atoms with Gasteiger partial charge in [0.1, 0.15) is 0 Å². The van der Waals surface area contributed by atoms with E-state index >= 15 is 0 Å². The van der Waals surface area contributed by atoms with Crippen LogP contribution in [0.5, 0.6) is 0 Å². The van der Waals surface area contributed by atoms with Crippen LogP contribution >= 0.6 is 0 Å². The van der Waals surface area contributed by atoms with Crippen molar-refractivity contribution in [1.29, 1.82) is 0 Å². The minimum atomic E-state index is -0.168. The molecule has 4 aromatic rings. The van der Waals surface area contributed by atoms with Gasteiger partial charge in [-0.25, -0.2) is 0 Å². The molecule has 1 N–H and O–H groups in total. The number of hydrogen-bond acceptors (Lipinski definition) is 2. The number of nitrogens with zero attached hydrogens (tertiary/aromatic N) is 2. The van der Waals surface area contributed by atoms with Gasteiger partial charge >= 0.3 is 0 Å². The number of aromatic amines is 1. The predicted molar refractivity (Wildman–Crippen MR) is 110 cm³/mol. The number of aromatic nitrogens is 2. The molecule has 0 radical (unpaired) electrons. The molecule has 1 aliphatic heterocycles. The molecule has 1 aliphatic rings. The van der Waals surface area contributed by atoms with E-state index in [4.69, 9.17) is 0 Å². The lowest BCUT2D eigenvalue weighted by molar-refractivity contribution is 0.0692. The smallest absolute Gasteiger partial charge is 0.254 e. The molecule has 5 rings (SSSR count). The number of carbonyl (C=O) groups is 1. The van der Waals surface area contributed by atoms with Crippen molar-refractivity contribution >= 4 is 16.8 Å². The average Bonchev–Trinajstić information content (AvgIpc) is 3.12. The summed E-state index contributed by atoms with van der Waals surface area (Å²) in [6, 6.07) is 20.0. The van der Waals surface area contributed by atoms with Crippen LogP contribution in [0.25, 0.3) is 10.9 Å². The fraction of sp³-hybridized carbons (Fsp3) is 0.167. The topological polar surface area (TPSA) is 49.0 Å². The zero-order valence-corrected chi connectivity index (χ0v) is 15.7. The van der Waals surface area contributed by atoms with Crippen LogP contribution in [0.2, 0.25) is 0 Å². The van der Waals surface area contributed by atoms with E-state index < -0.39 is 0 Å². The average molecular weight is 367 g/mol. The third-order valence-electron chi connectivity index (χ3n) is 5.59. The summed E-state index contributed by atoms with van der Waals surface area (Å²) in [4.78, 5) is 23.3. The van der Waals surface area contributed by atoms with Gasteiger partial charge in [-0.15, -0.1) is 0 Å². The van der Waals surface area contributed by atoms with E-state index in [-0.39, 0.29) is 11.9 Å². The highest BCUT2D eigenvalue weighted by Crippen LogP contribution is 2.38. The van der Waals surface area contributed by atoms with Crippen molar-refractivity contribution in [2.24, 2.45) is 0 Å². The number of fused-ring (bicyclic) bond motifs is 3. The molecule has 28 heavy (non-hydrogen) atoms. The van der Waals surface area contributed by atoms with Crippen molar-refractivity contribution in [2.75, 3.05) is 6.54 Å². The van der Waals surface area contributed by atoms with Gasteiger partial charge in [-0.05, 0) is 48.7 Å². The number of H-pyrrole nitrogens is 1. The standard InChI is InChI=1S/C24H21N3O/c1-16-8-10-17(11-9-16)24(28)27-14-12-20-19-6-2-3-7-21(19)26-22(20)23(27)18-5-4-13-25-15-18/h2-11,13,15,23,26H,12,14H2,1H3/t23-/m1/s1. The third-order valence-corrected chi connectivity index (χ3v) is 5.59. The highest BCUT2D eigenvalue weighted by molar-refractivity contribution is 5.95. The number of rotatable bonds is 2. The molecule has 0 unspecified atom stereocenters. The van der Waals surface area contributed by atoms with E-state index in [0.717, 1.165) is 34.3 Å². The summed E-state index contributed by atoms with van der Waals surface area (Å²) < 4.78 is 0. The van der Waals surface area contributed by atoms with Crippen molar-refractivity contribution in [3.05, 3.63) is 101 Å².